The summed E-state index contributed by atoms with van der Waals surface area (Å²) >= 11 is 0. The van der Waals surface area contributed by atoms with Crippen molar-refractivity contribution < 1.29 is 14.6 Å². The minimum Gasteiger partial charge on any atom is -0.497 e. The van der Waals surface area contributed by atoms with Crippen LogP contribution in [0.1, 0.15) is 30.0 Å². The van der Waals surface area contributed by atoms with E-state index in [1.165, 1.54) is 0 Å². The molecule has 2 unspecified atom stereocenters. The first-order chi connectivity index (χ1) is 11.2. The van der Waals surface area contributed by atoms with Crippen molar-refractivity contribution in [1.29, 1.82) is 0 Å². The van der Waals surface area contributed by atoms with Crippen molar-refractivity contribution in [3.05, 3.63) is 59.9 Å². The van der Waals surface area contributed by atoms with Gasteiger partial charge in [-0.1, -0.05) is 18.2 Å². The van der Waals surface area contributed by atoms with Gasteiger partial charge >= 0.3 is 5.97 Å². The third-order valence-corrected chi connectivity index (χ3v) is 4.32. The third kappa shape index (κ3) is 3.19. The molecular formula is C18H20N2O3. The molecule has 5 nitrogen and oxygen atoms in total. The van der Waals surface area contributed by atoms with Crippen molar-refractivity contribution in [2.45, 2.75) is 24.9 Å². The van der Waals surface area contributed by atoms with Crippen LogP contribution in [-0.4, -0.2) is 40.7 Å². The molecule has 23 heavy (non-hydrogen) atoms. The van der Waals surface area contributed by atoms with Crippen LogP contribution in [-0.2, 0) is 4.79 Å². The van der Waals surface area contributed by atoms with Crippen molar-refractivity contribution in [3.63, 3.8) is 0 Å². The molecule has 1 aromatic heterocycles. The minimum absolute atomic E-state index is 0.137. The standard InChI is InChI=1S/C18H20N2O3/c1-23-15-7-2-5-13(11-15)17(14-6-3-9-19-12-14)20-10-4-8-16(20)18(21)22/h2-3,5-7,9,11-12,16-17H,4,8,10H2,1H3,(H,21,22). The number of carbonyl (C=O) groups is 1. The van der Waals surface area contributed by atoms with Gasteiger partial charge in [-0.25, -0.2) is 0 Å². The summed E-state index contributed by atoms with van der Waals surface area (Å²) in [6.07, 6.45) is 5.10. The largest absolute Gasteiger partial charge is 0.497 e. The Hall–Kier alpha value is -2.40. The van der Waals surface area contributed by atoms with Gasteiger partial charge < -0.3 is 9.84 Å². The number of hydrogen-bond acceptors (Lipinski definition) is 4. The van der Waals surface area contributed by atoms with Gasteiger partial charge in [0.05, 0.1) is 13.2 Å². The average molecular weight is 312 g/mol. The van der Waals surface area contributed by atoms with Gasteiger partial charge in [0.1, 0.15) is 11.8 Å². The summed E-state index contributed by atoms with van der Waals surface area (Å²) in [6, 6.07) is 11.1. The molecule has 0 radical (unpaired) electrons. The lowest BCUT2D eigenvalue weighted by Crippen LogP contribution is -2.39. The smallest absolute Gasteiger partial charge is 0.320 e. The lowest BCUT2D eigenvalue weighted by atomic mass is 9.97. The van der Waals surface area contributed by atoms with Gasteiger partial charge in [-0.3, -0.25) is 14.7 Å². The Bertz CT molecular complexity index is 675. The third-order valence-electron chi connectivity index (χ3n) is 4.32. The number of likely N-dealkylation sites (tertiary alicyclic amines) is 1. The fourth-order valence-corrected chi connectivity index (χ4v) is 3.29. The topological polar surface area (TPSA) is 62.7 Å². The second-order valence-electron chi connectivity index (χ2n) is 5.70. The number of aromatic nitrogens is 1. The fraction of sp³-hybridized carbons (Fsp3) is 0.333. The van der Waals surface area contributed by atoms with Crippen molar-refractivity contribution in [2.75, 3.05) is 13.7 Å². The Morgan fingerprint density at radius 1 is 1.35 bits per heavy atom. The summed E-state index contributed by atoms with van der Waals surface area (Å²) in [5.41, 5.74) is 2.01. The van der Waals surface area contributed by atoms with Gasteiger partial charge in [-0.2, -0.15) is 0 Å². The number of aliphatic carboxylic acids is 1. The van der Waals surface area contributed by atoms with E-state index in [4.69, 9.17) is 4.74 Å². The number of rotatable bonds is 5. The highest BCUT2D eigenvalue weighted by Crippen LogP contribution is 2.35. The van der Waals surface area contributed by atoms with E-state index >= 15 is 0 Å². The molecular weight excluding hydrogens is 292 g/mol. The van der Waals surface area contributed by atoms with Crippen LogP contribution in [0.2, 0.25) is 0 Å². The summed E-state index contributed by atoms with van der Waals surface area (Å²) in [5, 5.41) is 9.55. The van der Waals surface area contributed by atoms with Gasteiger partial charge in [0.15, 0.2) is 0 Å². The molecule has 0 saturated carbocycles. The van der Waals surface area contributed by atoms with Gasteiger partial charge in [0.25, 0.3) is 0 Å². The van der Waals surface area contributed by atoms with E-state index in [9.17, 15) is 9.90 Å². The van der Waals surface area contributed by atoms with E-state index in [-0.39, 0.29) is 6.04 Å². The number of carboxylic acid groups (broad SMARTS) is 1. The van der Waals surface area contributed by atoms with Crippen LogP contribution in [0.3, 0.4) is 0 Å². The first kappa shape index (κ1) is 15.5. The maximum atomic E-state index is 11.6. The molecule has 1 saturated heterocycles. The first-order valence-corrected chi connectivity index (χ1v) is 7.73. The van der Waals surface area contributed by atoms with E-state index in [0.717, 1.165) is 29.8 Å². The zero-order chi connectivity index (χ0) is 16.2. The molecule has 1 fully saturated rings. The molecule has 1 aliphatic heterocycles. The highest BCUT2D eigenvalue weighted by molar-refractivity contribution is 5.74. The number of carboxylic acids is 1. The number of hydrogen-bond donors (Lipinski definition) is 1. The van der Waals surface area contributed by atoms with Crippen LogP contribution in [0.15, 0.2) is 48.8 Å². The molecule has 0 amide bonds. The highest BCUT2D eigenvalue weighted by Gasteiger charge is 2.36. The molecule has 5 heteroatoms. The van der Waals surface area contributed by atoms with Crippen LogP contribution in [0.25, 0.3) is 0 Å². The number of pyridine rings is 1. The van der Waals surface area contributed by atoms with Crippen molar-refractivity contribution in [2.24, 2.45) is 0 Å². The molecule has 0 spiro atoms. The van der Waals surface area contributed by atoms with Gasteiger partial charge in [0, 0.05) is 18.9 Å². The maximum Gasteiger partial charge on any atom is 0.320 e. The zero-order valence-electron chi connectivity index (χ0n) is 13.1. The summed E-state index contributed by atoms with van der Waals surface area (Å²) in [5.74, 6) is 0.00162. The molecule has 2 heterocycles. The van der Waals surface area contributed by atoms with Gasteiger partial charge in [0.2, 0.25) is 0 Å². The quantitative estimate of drug-likeness (QED) is 0.920. The van der Waals surface area contributed by atoms with Crippen molar-refractivity contribution in [3.8, 4) is 5.75 Å². The van der Waals surface area contributed by atoms with Crippen molar-refractivity contribution >= 4 is 5.97 Å². The van der Waals surface area contributed by atoms with Crippen LogP contribution in [0.5, 0.6) is 5.75 Å². The monoisotopic (exact) mass is 312 g/mol. The SMILES string of the molecule is COc1cccc(C(c2cccnc2)N2CCCC2C(=O)O)c1. The number of methoxy groups -OCH3 is 1. The Morgan fingerprint density at radius 2 is 2.17 bits per heavy atom. The molecule has 1 aromatic carbocycles. The zero-order valence-corrected chi connectivity index (χ0v) is 13.1. The minimum atomic E-state index is -0.765. The molecule has 1 aliphatic rings. The summed E-state index contributed by atoms with van der Waals surface area (Å²) in [7, 11) is 1.63. The Kier molecular flexibility index (Phi) is 4.57. The van der Waals surface area contributed by atoms with E-state index in [1.807, 2.05) is 41.3 Å². The summed E-state index contributed by atoms with van der Waals surface area (Å²) < 4.78 is 5.33. The molecule has 0 bridgehead atoms. The van der Waals surface area contributed by atoms with E-state index < -0.39 is 12.0 Å². The fourth-order valence-electron chi connectivity index (χ4n) is 3.29. The van der Waals surface area contributed by atoms with Crippen LogP contribution < -0.4 is 4.74 Å². The number of ether oxygens (including phenoxy) is 1. The van der Waals surface area contributed by atoms with Gasteiger partial charge in [-0.15, -0.1) is 0 Å². The molecule has 2 aromatic rings. The van der Waals surface area contributed by atoms with E-state index in [1.54, 1.807) is 19.5 Å². The van der Waals surface area contributed by atoms with Crippen LogP contribution in [0, 0.1) is 0 Å². The number of nitrogens with zero attached hydrogens (tertiary/aromatic N) is 2. The lowest BCUT2D eigenvalue weighted by Gasteiger charge is -2.31. The molecule has 3 rings (SSSR count). The molecule has 2 atom stereocenters. The predicted octanol–water partition coefficient (Wildman–Crippen LogP) is 2.73. The van der Waals surface area contributed by atoms with Crippen molar-refractivity contribution in [1.82, 2.24) is 9.88 Å². The Balaban J connectivity index is 2.05. The number of benzene rings is 1. The second kappa shape index (κ2) is 6.79. The summed E-state index contributed by atoms with van der Waals surface area (Å²) in [6.45, 7) is 0.758. The molecule has 120 valence electrons. The van der Waals surface area contributed by atoms with Gasteiger partial charge in [-0.05, 0) is 42.2 Å². The normalized spacial score (nSPS) is 19.4. The van der Waals surface area contributed by atoms with Crippen LogP contribution >= 0.6 is 0 Å². The van der Waals surface area contributed by atoms with E-state index in [0.29, 0.717) is 6.42 Å². The highest BCUT2D eigenvalue weighted by atomic mass is 16.5. The lowest BCUT2D eigenvalue weighted by molar-refractivity contribution is -0.142. The first-order valence-electron chi connectivity index (χ1n) is 7.73. The predicted molar refractivity (Wildman–Crippen MR) is 86.4 cm³/mol. The Morgan fingerprint density at radius 3 is 2.87 bits per heavy atom. The summed E-state index contributed by atoms with van der Waals surface area (Å²) in [4.78, 5) is 17.9. The average Bonchev–Trinajstić information content (AvgIpc) is 3.06. The molecule has 0 aliphatic carbocycles. The second-order valence-corrected chi connectivity index (χ2v) is 5.70. The maximum absolute atomic E-state index is 11.6. The van der Waals surface area contributed by atoms with E-state index in [2.05, 4.69) is 4.98 Å². The van der Waals surface area contributed by atoms with Crippen LogP contribution in [0.4, 0.5) is 0 Å². The Labute approximate surface area is 135 Å². The molecule has 1 N–H and O–H groups in total.